The van der Waals surface area contributed by atoms with Gasteiger partial charge < -0.3 is 10.6 Å². The molecule has 1 aliphatic rings. The van der Waals surface area contributed by atoms with Crippen molar-refractivity contribution in [2.24, 2.45) is 0 Å². The number of halogens is 1. The van der Waals surface area contributed by atoms with Gasteiger partial charge in [0.05, 0.1) is 17.9 Å². The van der Waals surface area contributed by atoms with Crippen LogP contribution in [0.25, 0.3) is 0 Å². The number of nitrogens with zero attached hydrogens (tertiary/aromatic N) is 2. The fourth-order valence-electron chi connectivity index (χ4n) is 1.91. The van der Waals surface area contributed by atoms with Gasteiger partial charge in [-0.25, -0.2) is 4.68 Å². The van der Waals surface area contributed by atoms with Gasteiger partial charge in [0.25, 0.3) is 5.56 Å². The Morgan fingerprint density at radius 1 is 1.65 bits per heavy atom. The van der Waals surface area contributed by atoms with Gasteiger partial charge in [-0.05, 0) is 26.8 Å². The molecule has 1 saturated heterocycles. The molecule has 0 amide bonds. The highest BCUT2D eigenvalue weighted by Gasteiger charge is 2.17. The molecule has 94 valence electrons. The number of nitrogens with one attached hydrogen (secondary N) is 2. The second-order valence-corrected chi connectivity index (χ2v) is 4.93. The minimum absolute atomic E-state index is 0.0159. The summed E-state index contributed by atoms with van der Waals surface area (Å²) in [7, 11) is 0. The van der Waals surface area contributed by atoms with Crippen LogP contribution in [0.5, 0.6) is 0 Å². The van der Waals surface area contributed by atoms with E-state index in [1.165, 1.54) is 4.68 Å². The van der Waals surface area contributed by atoms with Gasteiger partial charge in [-0.2, -0.15) is 5.10 Å². The molecule has 0 saturated carbocycles. The van der Waals surface area contributed by atoms with Crippen LogP contribution >= 0.6 is 11.6 Å². The second kappa shape index (κ2) is 5.06. The summed E-state index contributed by atoms with van der Waals surface area (Å²) in [6.07, 6.45) is 2.66. The van der Waals surface area contributed by atoms with E-state index in [0.717, 1.165) is 19.5 Å². The van der Waals surface area contributed by atoms with Crippen molar-refractivity contribution >= 4 is 17.3 Å². The van der Waals surface area contributed by atoms with Crippen LogP contribution in [0.15, 0.2) is 11.0 Å². The van der Waals surface area contributed by atoms with Crippen LogP contribution < -0.4 is 16.2 Å². The van der Waals surface area contributed by atoms with E-state index in [-0.39, 0.29) is 16.6 Å². The minimum atomic E-state index is -0.238. The maximum atomic E-state index is 11.9. The molecule has 0 aliphatic carbocycles. The Morgan fingerprint density at radius 3 is 3.00 bits per heavy atom. The molecule has 1 aromatic rings. The molecule has 1 atom stereocenters. The fourth-order valence-corrected chi connectivity index (χ4v) is 2.10. The first-order valence-electron chi connectivity index (χ1n) is 5.84. The number of rotatable bonds is 3. The number of hydrogen-bond donors (Lipinski definition) is 2. The van der Waals surface area contributed by atoms with E-state index in [1.807, 2.05) is 13.8 Å². The molecule has 5 nitrogen and oxygen atoms in total. The van der Waals surface area contributed by atoms with E-state index in [1.54, 1.807) is 6.20 Å². The van der Waals surface area contributed by atoms with Gasteiger partial charge in [-0.15, -0.1) is 0 Å². The average molecular weight is 257 g/mol. The Bertz CT molecular complexity index is 451. The largest absolute Gasteiger partial charge is 0.378 e. The Morgan fingerprint density at radius 2 is 2.41 bits per heavy atom. The van der Waals surface area contributed by atoms with Crippen molar-refractivity contribution in [3.63, 3.8) is 0 Å². The van der Waals surface area contributed by atoms with Crippen LogP contribution in [0, 0.1) is 0 Å². The van der Waals surface area contributed by atoms with Crippen LogP contribution in [-0.4, -0.2) is 28.9 Å². The highest BCUT2D eigenvalue weighted by molar-refractivity contribution is 6.32. The van der Waals surface area contributed by atoms with Gasteiger partial charge in [0.2, 0.25) is 0 Å². The van der Waals surface area contributed by atoms with Crippen LogP contribution in [0.2, 0.25) is 5.02 Å². The lowest BCUT2D eigenvalue weighted by atomic mass is 10.2. The Hall–Kier alpha value is -1.07. The molecule has 2 N–H and O–H groups in total. The molecule has 0 aromatic carbocycles. The van der Waals surface area contributed by atoms with Crippen molar-refractivity contribution in [1.29, 1.82) is 0 Å². The maximum Gasteiger partial charge on any atom is 0.287 e. The van der Waals surface area contributed by atoms with Gasteiger partial charge >= 0.3 is 0 Å². The molecule has 2 heterocycles. The summed E-state index contributed by atoms with van der Waals surface area (Å²) >= 11 is 6.06. The minimum Gasteiger partial charge on any atom is -0.378 e. The van der Waals surface area contributed by atoms with E-state index in [2.05, 4.69) is 15.7 Å². The first kappa shape index (κ1) is 12.4. The Balaban J connectivity index is 2.24. The molecule has 0 radical (unpaired) electrons. The normalized spacial score (nSPS) is 19.9. The highest BCUT2D eigenvalue weighted by Crippen LogP contribution is 2.18. The van der Waals surface area contributed by atoms with Gasteiger partial charge in [0.15, 0.2) is 0 Å². The van der Waals surface area contributed by atoms with Gasteiger partial charge in [-0.3, -0.25) is 4.79 Å². The maximum absolute atomic E-state index is 11.9. The van der Waals surface area contributed by atoms with Crippen LogP contribution in [0.1, 0.15) is 26.3 Å². The predicted octanol–water partition coefficient (Wildman–Crippen LogP) is 1.25. The summed E-state index contributed by atoms with van der Waals surface area (Å²) in [4.78, 5) is 11.9. The topological polar surface area (TPSA) is 59.0 Å². The van der Waals surface area contributed by atoms with Crippen LogP contribution in [-0.2, 0) is 0 Å². The average Bonchev–Trinajstić information content (AvgIpc) is 2.77. The van der Waals surface area contributed by atoms with E-state index in [4.69, 9.17) is 11.6 Å². The van der Waals surface area contributed by atoms with Crippen molar-refractivity contribution in [1.82, 2.24) is 15.1 Å². The molecule has 1 aliphatic heterocycles. The zero-order valence-corrected chi connectivity index (χ0v) is 10.8. The van der Waals surface area contributed by atoms with Gasteiger partial charge in [0.1, 0.15) is 5.02 Å². The van der Waals surface area contributed by atoms with Crippen molar-refractivity contribution in [3.05, 3.63) is 21.6 Å². The molecule has 0 spiro atoms. The summed E-state index contributed by atoms with van der Waals surface area (Å²) in [6.45, 7) is 5.69. The van der Waals surface area contributed by atoms with E-state index in [9.17, 15) is 4.79 Å². The van der Waals surface area contributed by atoms with E-state index >= 15 is 0 Å². The fraction of sp³-hybridized carbons (Fsp3) is 0.636. The predicted molar refractivity (Wildman–Crippen MR) is 68.8 cm³/mol. The van der Waals surface area contributed by atoms with Crippen molar-refractivity contribution in [2.45, 2.75) is 32.4 Å². The molecule has 1 aromatic heterocycles. The highest BCUT2D eigenvalue weighted by atomic mass is 35.5. The summed E-state index contributed by atoms with van der Waals surface area (Å²) in [5, 5.41) is 10.8. The van der Waals surface area contributed by atoms with Crippen LogP contribution in [0.3, 0.4) is 0 Å². The summed E-state index contributed by atoms with van der Waals surface area (Å²) in [6, 6.07) is 0.339. The standard InChI is InChI=1S/C11H17ClN4O/c1-7(2)16-11(17)10(12)9(6-14-16)15-8-3-4-13-5-8/h6-8,13,15H,3-5H2,1-2H3. The smallest absolute Gasteiger partial charge is 0.287 e. The monoisotopic (exact) mass is 256 g/mol. The molecular formula is C11H17ClN4O. The van der Waals surface area contributed by atoms with Crippen LogP contribution in [0.4, 0.5) is 5.69 Å². The SMILES string of the molecule is CC(C)n1ncc(NC2CCNC2)c(Cl)c1=O. The zero-order chi connectivity index (χ0) is 12.4. The summed E-state index contributed by atoms with van der Waals surface area (Å²) in [5.41, 5.74) is 0.389. The Labute approximate surface area is 105 Å². The van der Waals surface area contributed by atoms with Crippen molar-refractivity contribution in [3.8, 4) is 0 Å². The second-order valence-electron chi connectivity index (χ2n) is 4.55. The molecular weight excluding hydrogens is 240 g/mol. The summed E-state index contributed by atoms with van der Waals surface area (Å²) < 4.78 is 1.39. The van der Waals surface area contributed by atoms with Gasteiger partial charge in [0, 0.05) is 12.6 Å². The van der Waals surface area contributed by atoms with E-state index < -0.39 is 0 Å². The van der Waals surface area contributed by atoms with Gasteiger partial charge in [-0.1, -0.05) is 11.6 Å². The third-order valence-corrected chi connectivity index (χ3v) is 3.22. The lowest BCUT2D eigenvalue weighted by molar-refractivity contribution is 0.503. The lowest BCUT2D eigenvalue weighted by Gasteiger charge is -2.15. The number of anilines is 1. The first-order chi connectivity index (χ1) is 8.09. The van der Waals surface area contributed by atoms with Crippen molar-refractivity contribution < 1.29 is 0 Å². The van der Waals surface area contributed by atoms with Crippen molar-refractivity contribution in [2.75, 3.05) is 18.4 Å². The number of aromatic nitrogens is 2. The summed E-state index contributed by atoms with van der Waals surface area (Å²) in [5.74, 6) is 0. The molecule has 1 unspecified atom stereocenters. The Kier molecular flexibility index (Phi) is 3.69. The third-order valence-electron chi connectivity index (χ3n) is 2.85. The third kappa shape index (κ3) is 2.61. The molecule has 0 bridgehead atoms. The first-order valence-corrected chi connectivity index (χ1v) is 6.22. The number of hydrogen-bond acceptors (Lipinski definition) is 4. The lowest BCUT2D eigenvalue weighted by Crippen LogP contribution is -2.28. The molecule has 6 heteroatoms. The molecule has 1 fully saturated rings. The zero-order valence-electron chi connectivity index (χ0n) is 10.0. The quantitative estimate of drug-likeness (QED) is 0.855. The molecule has 17 heavy (non-hydrogen) atoms. The van der Waals surface area contributed by atoms with E-state index in [0.29, 0.717) is 11.7 Å². The molecule has 2 rings (SSSR count).